The molecular weight excluding hydrogens is 691 g/mol. The molecule has 50 heavy (non-hydrogen) atoms. The number of nitrogens with zero attached hydrogens (tertiary/aromatic N) is 4. The zero-order valence-corrected chi connectivity index (χ0v) is 28.3. The zero-order valence-electron chi connectivity index (χ0n) is 26.7. The van der Waals surface area contributed by atoms with Gasteiger partial charge in [0, 0.05) is 54.4 Å². The maximum Gasteiger partial charge on any atom is 0.320 e. The molecule has 0 radical (unpaired) electrons. The summed E-state index contributed by atoms with van der Waals surface area (Å²) in [6.07, 6.45) is 3.51. The van der Waals surface area contributed by atoms with Crippen LogP contribution in [0.1, 0.15) is 44.1 Å². The predicted octanol–water partition coefficient (Wildman–Crippen LogP) is 5.48. The molecule has 2 unspecified atom stereocenters. The van der Waals surface area contributed by atoms with E-state index in [-0.39, 0.29) is 108 Å². The maximum absolute atomic E-state index is 16.8. The van der Waals surface area contributed by atoms with E-state index in [0.29, 0.717) is 31.7 Å². The Hall–Kier alpha value is -3.90. The number of hydrogen-bond acceptors (Lipinski definition) is 10. The molecule has 15 heteroatoms. The quantitative estimate of drug-likeness (QED) is 0.191. The van der Waals surface area contributed by atoms with E-state index in [0.717, 1.165) is 24.3 Å². The molecule has 5 atom stereocenters. The van der Waals surface area contributed by atoms with Crippen molar-refractivity contribution in [3.63, 3.8) is 0 Å². The highest BCUT2D eigenvalue weighted by Crippen LogP contribution is 2.46. The summed E-state index contributed by atoms with van der Waals surface area (Å²) in [5.41, 5.74) is 6.07. The number of amides is 1. The lowest BCUT2D eigenvalue weighted by Gasteiger charge is -2.35. The third-order valence-corrected chi connectivity index (χ3v) is 12.3. The molecule has 3 aliphatic heterocycles. The van der Waals surface area contributed by atoms with Crippen LogP contribution in [0.3, 0.4) is 0 Å². The second-order valence-electron chi connectivity index (χ2n) is 14.2. The van der Waals surface area contributed by atoms with Crippen LogP contribution in [-0.4, -0.2) is 76.9 Å². The average molecular weight is 724 g/mol. The van der Waals surface area contributed by atoms with E-state index in [4.69, 9.17) is 26.8 Å². The van der Waals surface area contributed by atoms with Crippen molar-refractivity contribution < 1.29 is 27.4 Å². The third kappa shape index (κ3) is 5.49. The Bertz CT molecular complexity index is 2100. The smallest absolute Gasteiger partial charge is 0.320 e. The Morgan fingerprint density at radius 3 is 2.82 bits per heavy atom. The Balaban J connectivity index is 1.03. The molecule has 2 aliphatic carbocycles. The molecule has 4 N–H and O–H groups in total. The maximum atomic E-state index is 16.8. The topological polar surface area (TPSA) is 148 Å². The molecule has 0 bridgehead atoms. The third-order valence-electron chi connectivity index (χ3n) is 10.9. The molecule has 1 amide bonds. The van der Waals surface area contributed by atoms with Crippen molar-refractivity contribution in [2.75, 3.05) is 25.4 Å². The Labute approximate surface area is 294 Å². The number of nitrogens with two attached hydrogens (primary N) is 1. The number of thiophene rings is 1. The van der Waals surface area contributed by atoms with Gasteiger partial charge in [0.1, 0.15) is 40.7 Å². The first kappa shape index (κ1) is 32.0. The van der Waals surface area contributed by atoms with Crippen LogP contribution in [0.5, 0.6) is 11.9 Å². The number of fused-ring (bicyclic) bond motifs is 3. The molecule has 5 heterocycles. The van der Waals surface area contributed by atoms with Gasteiger partial charge in [-0.25, -0.2) is 13.2 Å². The lowest BCUT2D eigenvalue weighted by Crippen LogP contribution is -2.50. The van der Waals surface area contributed by atoms with Crippen LogP contribution < -0.4 is 25.8 Å². The van der Waals surface area contributed by atoms with Gasteiger partial charge in [-0.05, 0) is 55.8 Å². The number of ether oxygens (including phenoxy) is 2. The molecule has 0 spiro atoms. The summed E-state index contributed by atoms with van der Waals surface area (Å²) in [6, 6.07) is 6.11. The van der Waals surface area contributed by atoms with Crippen molar-refractivity contribution in [3.05, 3.63) is 40.4 Å². The lowest BCUT2D eigenvalue weighted by atomic mass is 9.89. The van der Waals surface area contributed by atoms with Gasteiger partial charge in [-0.1, -0.05) is 17.7 Å². The number of hydrogen-bond donors (Lipinski definition) is 3. The van der Waals surface area contributed by atoms with Crippen LogP contribution in [0, 0.1) is 34.8 Å². The molecule has 2 aromatic carbocycles. The SMILES string of the molecule is N#Cc1c(N)sc2c(F)ccc(-c3c(Cl)cc4c(OC5CC(NC(=O)[C@@H]6N[C@H]6C6CC6)C5)nc(OCC5CCN6C[C@H](F)CC56)nc4c3F)c12. The van der Waals surface area contributed by atoms with Crippen molar-refractivity contribution in [1.82, 2.24) is 25.5 Å². The fourth-order valence-corrected chi connectivity index (χ4v) is 9.31. The fraction of sp³-hybridized carbons (Fsp3) is 0.486. The van der Waals surface area contributed by atoms with Gasteiger partial charge in [0.15, 0.2) is 5.82 Å². The number of anilines is 1. The molecule has 9 rings (SSSR count). The Kier molecular flexibility index (Phi) is 7.76. The minimum absolute atomic E-state index is 0.00330. The summed E-state index contributed by atoms with van der Waals surface area (Å²) in [5, 5.41) is 16.7. The van der Waals surface area contributed by atoms with Crippen LogP contribution in [0.4, 0.5) is 18.2 Å². The Morgan fingerprint density at radius 2 is 2.04 bits per heavy atom. The van der Waals surface area contributed by atoms with Gasteiger partial charge >= 0.3 is 6.01 Å². The van der Waals surface area contributed by atoms with Crippen LogP contribution in [0.25, 0.3) is 32.1 Å². The number of alkyl halides is 1. The summed E-state index contributed by atoms with van der Waals surface area (Å²) in [5.74, 6) is -0.674. The van der Waals surface area contributed by atoms with Crippen LogP contribution >= 0.6 is 22.9 Å². The van der Waals surface area contributed by atoms with E-state index in [1.54, 1.807) is 0 Å². The number of aromatic nitrogens is 2. The van der Waals surface area contributed by atoms with Crippen molar-refractivity contribution >= 4 is 54.8 Å². The molecule has 5 fully saturated rings. The lowest BCUT2D eigenvalue weighted by molar-refractivity contribution is -0.122. The van der Waals surface area contributed by atoms with E-state index < -0.39 is 17.8 Å². The summed E-state index contributed by atoms with van der Waals surface area (Å²) in [4.78, 5) is 23.8. The summed E-state index contributed by atoms with van der Waals surface area (Å²) < 4.78 is 58.3. The van der Waals surface area contributed by atoms with Gasteiger partial charge in [0.2, 0.25) is 11.8 Å². The molecule has 10 nitrogen and oxygen atoms in total. The minimum Gasteiger partial charge on any atom is -0.474 e. The molecule has 4 aromatic rings. The standard InChI is InChI=1S/C35H33ClF3N7O3S/c36-22-10-20-29(27(39)26(22)19-3-4-23(38)31-25(19)21(11-40)32(41)50-31)44-35(48-13-15-5-6-46-12-16(37)7-24(15)46)45-34(20)49-18-8-17(9-18)42-33(47)30-28(43-30)14-1-2-14/h3-4,10,14-18,24,28,30,43H,1-2,5-9,12-13,41H2,(H,42,47)/t15?,16-,17?,18?,24?,28+,30-/m1/s1. The monoisotopic (exact) mass is 723 g/mol. The predicted molar refractivity (Wildman–Crippen MR) is 182 cm³/mol. The number of carbonyl (C=O) groups is 1. The van der Waals surface area contributed by atoms with Crippen LogP contribution in [0.15, 0.2) is 18.2 Å². The van der Waals surface area contributed by atoms with Crippen molar-refractivity contribution in [1.29, 1.82) is 5.26 Å². The van der Waals surface area contributed by atoms with Crippen LogP contribution in [0.2, 0.25) is 5.02 Å². The van der Waals surface area contributed by atoms with Gasteiger partial charge in [0.25, 0.3) is 0 Å². The van der Waals surface area contributed by atoms with Gasteiger partial charge in [-0.3, -0.25) is 15.0 Å². The normalized spacial score (nSPS) is 28.7. The number of nitriles is 1. The number of nitrogen functional groups attached to an aromatic ring is 1. The summed E-state index contributed by atoms with van der Waals surface area (Å²) >= 11 is 7.68. The molecular formula is C35H33ClF3N7O3S. The molecule has 260 valence electrons. The largest absolute Gasteiger partial charge is 0.474 e. The van der Waals surface area contributed by atoms with Gasteiger partial charge in [-0.15, -0.1) is 11.3 Å². The molecule has 2 aromatic heterocycles. The number of carbonyl (C=O) groups excluding carboxylic acids is 1. The minimum atomic E-state index is -0.869. The van der Waals surface area contributed by atoms with E-state index >= 15 is 4.39 Å². The van der Waals surface area contributed by atoms with E-state index in [1.807, 2.05) is 6.07 Å². The highest BCUT2D eigenvalue weighted by molar-refractivity contribution is 7.23. The number of rotatable bonds is 9. The second-order valence-corrected chi connectivity index (χ2v) is 15.6. The van der Waals surface area contributed by atoms with Gasteiger partial charge in [0.05, 0.1) is 27.3 Å². The van der Waals surface area contributed by atoms with Crippen molar-refractivity contribution in [3.8, 4) is 29.1 Å². The zero-order chi connectivity index (χ0) is 34.4. The van der Waals surface area contributed by atoms with Crippen molar-refractivity contribution in [2.24, 2.45) is 11.8 Å². The van der Waals surface area contributed by atoms with E-state index in [9.17, 15) is 18.8 Å². The first-order chi connectivity index (χ1) is 24.2. The summed E-state index contributed by atoms with van der Waals surface area (Å²) in [6.45, 7) is 1.42. The number of nitrogens with one attached hydrogen (secondary N) is 2. The molecule has 2 saturated carbocycles. The van der Waals surface area contributed by atoms with Crippen molar-refractivity contribution in [2.45, 2.75) is 75.0 Å². The first-order valence-electron chi connectivity index (χ1n) is 17.0. The first-order valence-corrected chi connectivity index (χ1v) is 18.2. The Morgan fingerprint density at radius 1 is 1.22 bits per heavy atom. The van der Waals surface area contributed by atoms with E-state index in [1.165, 1.54) is 31.0 Å². The second kappa shape index (κ2) is 12.1. The van der Waals surface area contributed by atoms with Crippen LogP contribution in [-0.2, 0) is 4.79 Å². The molecule has 5 aliphatic rings. The van der Waals surface area contributed by atoms with E-state index in [2.05, 4.69) is 25.5 Å². The van der Waals surface area contributed by atoms with Gasteiger partial charge in [-0.2, -0.15) is 15.2 Å². The molecule has 3 saturated heterocycles. The number of halogens is 4. The number of benzene rings is 2. The fourth-order valence-electron chi connectivity index (χ4n) is 8.06. The van der Waals surface area contributed by atoms with Gasteiger partial charge < -0.3 is 20.5 Å². The highest BCUT2D eigenvalue weighted by atomic mass is 35.5. The summed E-state index contributed by atoms with van der Waals surface area (Å²) in [7, 11) is 0. The average Bonchev–Trinajstić information content (AvgIpc) is 3.96. The highest BCUT2D eigenvalue weighted by Gasteiger charge is 2.51.